The van der Waals surface area contributed by atoms with Crippen LogP contribution in [0.15, 0.2) is 21.9 Å². The molecule has 4 N–H and O–H groups in total. The van der Waals surface area contributed by atoms with E-state index in [0.717, 1.165) is 0 Å². The number of hydrogen-bond donors (Lipinski definition) is 4. The molecule has 0 amide bonds. The van der Waals surface area contributed by atoms with E-state index in [2.05, 4.69) is 0 Å². The van der Waals surface area contributed by atoms with Gasteiger partial charge in [-0.2, -0.15) is 16.8 Å². The molecular weight excluding hydrogens is 310 g/mol. The van der Waals surface area contributed by atoms with Crippen LogP contribution in [0.4, 0.5) is 0 Å². The van der Waals surface area contributed by atoms with Crippen molar-refractivity contribution >= 4 is 79.4 Å². The van der Waals surface area contributed by atoms with Crippen LogP contribution < -0.4 is 0 Å². The summed E-state index contributed by atoms with van der Waals surface area (Å²) in [5.74, 6) is -2.32. The first-order valence-corrected chi connectivity index (χ1v) is 6.43. The quantitative estimate of drug-likeness (QED) is 0.303. The largest absolute Gasteiger partial charge is 0.504 e. The molecule has 0 fully saturated rings. The van der Waals surface area contributed by atoms with E-state index in [-0.39, 0.29) is 59.1 Å². The number of phenolic OH excluding ortho intramolecular Hbond substituents is 2. The van der Waals surface area contributed by atoms with Crippen molar-refractivity contribution in [3.8, 4) is 11.5 Å². The van der Waals surface area contributed by atoms with Crippen molar-refractivity contribution in [1.29, 1.82) is 0 Å². The van der Waals surface area contributed by atoms with Gasteiger partial charge in [0.1, 0.15) is 4.90 Å². The van der Waals surface area contributed by atoms with E-state index in [1.54, 1.807) is 0 Å². The maximum atomic E-state index is 10.8. The molecule has 2 radical (unpaired) electrons. The van der Waals surface area contributed by atoms with Gasteiger partial charge in [-0.15, -0.1) is 0 Å². The molecule has 12 heteroatoms. The Morgan fingerprint density at radius 2 is 1.28 bits per heavy atom. The second-order valence-electron chi connectivity index (χ2n) is 2.71. The summed E-state index contributed by atoms with van der Waals surface area (Å²) in [7, 11) is -10.1. The first kappa shape index (κ1) is 20.9. The number of benzene rings is 1. The minimum absolute atomic E-state index is 0. The van der Waals surface area contributed by atoms with Gasteiger partial charge in [0.25, 0.3) is 20.2 Å². The Labute approximate surface area is 147 Å². The van der Waals surface area contributed by atoms with Gasteiger partial charge in [0.2, 0.25) is 0 Å². The summed E-state index contributed by atoms with van der Waals surface area (Å²) in [6, 6.07) is 1.17. The minimum atomic E-state index is -5.12. The molecule has 0 spiro atoms. The molecule has 0 aliphatic rings. The molecule has 0 unspecified atom stereocenters. The van der Waals surface area contributed by atoms with Crippen LogP contribution in [0.2, 0.25) is 0 Å². The third kappa shape index (κ3) is 4.63. The molecule has 18 heavy (non-hydrogen) atoms. The van der Waals surface area contributed by atoms with Gasteiger partial charge in [-0.1, -0.05) is 0 Å². The van der Waals surface area contributed by atoms with Crippen molar-refractivity contribution < 1.29 is 36.2 Å². The average molecular weight is 316 g/mol. The van der Waals surface area contributed by atoms with Crippen molar-refractivity contribution in [2.45, 2.75) is 9.79 Å². The van der Waals surface area contributed by atoms with E-state index in [1.807, 2.05) is 0 Å². The van der Waals surface area contributed by atoms with Gasteiger partial charge in [0, 0.05) is 59.1 Å². The Hall–Kier alpha value is 0.640. The first-order valence-electron chi connectivity index (χ1n) is 3.55. The van der Waals surface area contributed by atoms with E-state index >= 15 is 0 Å². The standard InChI is InChI=1S/C6H6O8S2.2Na/c7-3-1-2-4(15(9,10)11)6(5(3)8)16(12,13)14;;/h1-2,7-8H,(H,9,10,11)(H,12,13,14);;. The second kappa shape index (κ2) is 6.88. The maximum absolute atomic E-state index is 10.8. The molecule has 0 saturated heterocycles. The molecular formula is C6H6Na2O8S2. The summed E-state index contributed by atoms with van der Waals surface area (Å²) in [6.07, 6.45) is 0. The summed E-state index contributed by atoms with van der Waals surface area (Å²) < 4.78 is 60.4. The smallest absolute Gasteiger partial charge is 0.299 e. The average Bonchev–Trinajstić information content (AvgIpc) is 2.05. The monoisotopic (exact) mass is 316 g/mol. The van der Waals surface area contributed by atoms with Crippen molar-refractivity contribution in [2.75, 3.05) is 0 Å². The summed E-state index contributed by atoms with van der Waals surface area (Å²) in [6.45, 7) is 0. The Bertz CT molecular complexity index is 636. The number of rotatable bonds is 2. The third-order valence-corrected chi connectivity index (χ3v) is 3.56. The van der Waals surface area contributed by atoms with Crippen LogP contribution in [0.25, 0.3) is 0 Å². The maximum Gasteiger partial charge on any atom is 0.299 e. The van der Waals surface area contributed by atoms with Crippen LogP contribution in [0, 0.1) is 0 Å². The number of phenols is 2. The van der Waals surface area contributed by atoms with E-state index in [4.69, 9.17) is 19.3 Å². The SMILES string of the molecule is O=S(=O)(O)c1ccc(O)c(O)c1S(=O)(=O)O.[Na].[Na]. The molecule has 0 saturated carbocycles. The van der Waals surface area contributed by atoms with Crippen LogP contribution in [-0.2, 0) is 20.2 Å². The molecule has 0 aliphatic heterocycles. The Kier molecular flexibility index (Phi) is 8.01. The van der Waals surface area contributed by atoms with Crippen LogP contribution in [0.5, 0.6) is 11.5 Å². The Morgan fingerprint density at radius 1 is 0.833 bits per heavy atom. The molecule has 1 aromatic carbocycles. The summed E-state index contributed by atoms with van der Waals surface area (Å²) in [5, 5.41) is 18.1. The predicted molar refractivity (Wildman–Crippen MR) is 60.9 cm³/mol. The fourth-order valence-corrected chi connectivity index (χ4v) is 2.87. The van der Waals surface area contributed by atoms with Gasteiger partial charge in [0.05, 0.1) is 0 Å². The van der Waals surface area contributed by atoms with Crippen molar-refractivity contribution in [2.24, 2.45) is 0 Å². The van der Waals surface area contributed by atoms with E-state index in [1.165, 1.54) is 0 Å². The Balaban J connectivity index is 0. The fraction of sp³-hybridized carbons (Fsp3) is 0. The van der Waals surface area contributed by atoms with Crippen molar-refractivity contribution in [1.82, 2.24) is 0 Å². The summed E-state index contributed by atoms with van der Waals surface area (Å²) in [4.78, 5) is -2.71. The van der Waals surface area contributed by atoms with Gasteiger partial charge in [0.15, 0.2) is 16.4 Å². The zero-order valence-corrected chi connectivity index (χ0v) is 15.0. The summed E-state index contributed by atoms with van der Waals surface area (Å²) >= 11 is 0. The van der Waals surface area contributed by atoms with Gasteiger partial charge in [-0.25, -0.2) is 0 Å². The number of aromatic hydroxyl groups is 2. The van der Waals surface area contributed by atoms with E-state index in [9.17, 15) is 16.8 Å². The summed E-state index contributed by atoms with van der Waals surface area (Å²) in [5.41, 5.74) is 0. The third-order valence-electron chi connectivity index (χ3n) is 1.61. The van der Waals surface area contributed by atoms with Crippen molar-refractivity contribution in [3.05, 3.63) is 12.1 Å². The van der Waals surface area contributed by atoms with E-state index in [0.29, 0.717) is 12.1 Å². The minimum Gasteiger partial charge on any atom is -0.504 e. The van der Waals surface area contributed by atoms with Gasteiger partial charge in [-0.05, 0) is 12.1 Å². The van der Waals surface area contributed by atoms with Crippen LogP contribution >= 0.6 is 0 Å². The molecule has 0 heterocycles. The molecule has 1 rings (SSSR count). The fourth-order valence-electron chi connectivity index (χ4n) is 0.995. The van der Waals surface area contributed by atoms with Crippen molar-refractivity contribution in [3.63, 3.8) is 0 Å². The number of hydrogen-bond acceptors (Lipinski definition) is 6. The van der Waals surface area contributed by atoms with E-state index < -0.39 is 41.5 Å². The second-order valence-corrected chi connectivity index (χ2v) is 5.46. The molecule has 0 aliphatic carbocycles. The molecule has 1 aromatic rings. The topological polar surface area (TPSA) is 149 Å². The van der Waals surface area contributed by atoms with Crippen LogP contribution in [-0.4, -0.2) is 95.3 Å². The molecule has 0 atom stereocenters. The predicted octanol–water partition coefficient (Wildman–Crippen LogP) is -1.17. The normalized spacial score (nSPS) is 11.2. The first-order chi connectivity index (χ1) is 7.05. The van der Waals surface area contributed by atoms with Crippen LogP contribution in [0.3, 0.4) is 0 Å². The molecule has 0 bridgehead atoms. The molecule has 8 nitrogen and oxygen atoms in total. The van der Waals surface area contributed by atoms with Gasteiger partial charge < -0.3 is 10.2 Å². The van der Waals surface area contributed by atoms with Crippen LogP contribution in [0.1, 0.15) is 0 Å². The zero-order chi connectivity index (χ0) is 12.7. The zero-order valence-electron chi connectivity index (χ0n) is 9.39. The molecule has 92 valence electrons. The molecule has 0 aromatic heterocycles. The van der Waals surface area contributed by atoms with Gasteiger partial charge in [-0.3, -0.25) is 9.11 Å². The Morgan fingerprint density at radius 3 is 1.61 bits per heavy atom. The van der Waals surface area contributed by atoms with Gasteiger partial charge >= 0.3 is 0 Å².